The van der Waals surface area contributed by atoms with Crippen LogP contribution in [0.5, 0.6) is 0 Å². The summed E-state index contributed by atoms with van der Waals surface area (Å²) in [6, 6.07) is 33.5. The fraction of sp³-hybridized carbons (Fsp3) is 0.100. The summed E-state index contributed by atoms with van der Waals surface area (Å²) in [6.07, 6.45) is 0. The van der Waals surface area contributed by atoms with Gasteiger partial charge in [-0.2, -0.15) is 0 Å². The van der Waals surface area contributed by atoms with Crippen molar-refractivity contribution in [2.75, 3.05) is 0 Å². The van der Waals surface area contributed by atoms with E-state index < -0.39 is 15.1 Å². The maximum absolute atomic E-state index is 14.1. The second-order valence-electron chi connectivity index (χ2n) is 8.61. The van der Waals surface area contributed by atoms with Crippen molar-refractivity contribution in [3.05, 3.63) is 132 Å². The van der Waals surface area contributed by atoms with Crippen LogP contribution in [0.15, 0.2) is 119 Å². The molecule has 0 spiro atoms. The van der Waals surface area contributed by atoms with Gasteiger partial charge in [-0.15, -0.1) is 0 Å². The zero-order valence-electron chi connectivity index (χ0n) is 19.5. The largest absolute Gasteiger partial charge is 0.439 e. The maximum Gasteiger partial charge on any atom is 0.226 e. The molecule has 1 aromatic heterocycles. The van der Waals surface area contributed by atoms with E-state index in [0.29, 0.717) is 22.9 Å². The van der Waals surface area contributed by atoms with Crippen molar-refractivity contribution in [2.45, 2.75) is 24.0 Å². The van der Waals surface area contributed by atoms with E-state index in [0.717, 1.165) is 22.3 Å². The number of rotatable bonds is 6. The van der Waals surface area contributed by atoms with Gasteiger partial charge in [0.05, 0.1) is 4.90 Å². The minimum absolute atomic E-state index is 0.240. The molecule has 0 saturated heterocycles. The van der Waals surface area contributed by atoms with E-state index in [1.165, 1.54) is 0 Å². The van der Waals surface area contributed by atoms with Crippen molar-refractivity contribution in [1.82, 2.24) is 4.98 Å². The summed E-state index contributed by atoms with van der Waals surface area (Å²) in [6.45, 7) is 3.95. The van der Waals surface area contributed by atoms with Gasteiger partial charge in [0, 0.05) is 11.1 Å². The second-order valence-corrected chi connectivity index (χ2v) is 10.6. The number of benzene rings is 4. The Morgan fingerprint density at radius 3 is 1.80 bits per heavy atom. The molecule has 5 aromatic rings. The van der Waals surface area contributed by atoms with Gasteiger partial charge in [-0.25, -0.2) is 13.4 Å². The summed E-state index contributed by atoms with van der Waals surface area (Å²) in [5, 5.41) is -1.06. The van der Waals surface area contributed by atoms with Gasteiger partial charge in [0.25, 0.3) is 0 Å². The van der Waals surface area contributed by atoms with Gasteiger partial charge in [-0.3, -0.25) is 0 Å². The molecule has 0 aliphatic heterocycles. The smallest absolute Gasteiger partial charge is 0.226 e. The lowest BCUT2D eigenvalue weighted by atomic mass is 10.0. The molecule has 174 valence electrons. The topological polar surface area (TPSA) is 60.2 Å². The summed E-state index contributed by atoms with van der Waals surface area (Å²) in [4.78, 5) is 5.06. The lowest BCUT2D eigenvalue weighted by Crippen LogP contribution is -2.15. The van der Waals surface area contributed by atoms with Crippen LogP contribution in [0.2, 0.25) is 0 Å². The first-order valence-corrected chi connectivity index (χ1v) is 13.0. The first kappa shape index (κ1) is 22.8. The highest BCUT2D eigenvalue weighted by atomic mass is 32.2. The number of nitrogens with zero attached hydrogens (tertiary/aromatic N) is 1. The molecule has 1 unspecified atom stereocenters. The van der Waals surface area contributed by atoms with Crippen molar-refractivity contribution in [3.8, 4) is 22.7 Å². The Hall–Kier alpha value is -3.96. The number of sulfone groups is 1. The predicted molar refractivity (Wildman–Crippen MR) is 139 cm³/mol. The molecule has 0 fully saturated rings. The minimum Gasteiger partial charge on any atom is -0.439 e. The Kier molecular flexibility index (Phi) is 6.10. The third kappa shape index (κ3) is 4.55. The standard InChI is InChI=1S/C30H25NO3S/c1-21-13-17-25(18-14-21)30-31-27(23-9-5-3-6-10-23)28(34-30)29(24-11-7-4-8-12-24)35(32,33)26-19-15-22(2)16-20-26/h3-20,29H,1-2H3. The third-order valence-corrected chi connectivity index (χ3v) is 8.04. The second kappa shape index (κ2) is 9.35. The molecule has 0 amide bonds. The summed E-state index contributed by atoms with van der Waals surface area (Å²) < 4.78 is 34.6. The van der Waals surface area contributed by atoms with Crippen molar-refractivity contribution in [3.63, 3.8) is 0 Å². The SMILES string of the molecule is Cc1ccc(-c2nc(-c3ccccc3)c(C(c3ccccc3)S(=O)(=O)c3ccc(C)cc3)o2)cc1. The van der Waals surface area contributed by atoms with Crippen molar-refractivity contribution in [1.29, 1.82) is 0 Å². The Balaban J connectivity index is 1.77. The van der Waals surface area contributed by atoms with E-state index in [4.69, 9.17) is 9.40 Å². The Morgan fingerprint density at radius 1 is 0.657 bits per heavy atom. The normalized spacial score (nSPS) is 12.4. The van der Waals surface area contributed by atoms with Gasteiger partial charge in [0.1, 0.15) is 5.69 Å². The number of aryl methyl sites for hydroxylation is 2. The number of oxazole rings is 1. The van der Waals surface area contributed by atoms with Gasteiger partial charge >= 0.3 is 0 Å². The molecule has 4 nitrogen and oxygen atoms in total. The zero-order chi connectivity index (χ0) is 24.4. The lowest BCUT2D eigenvalue weighted by Gasteiger charge is -2.18. The summed E-state index contributed by atoms with van der Waals surface area (Å²) in [7, 11) is -3.86. The first-order valence-electron chi connectivity index (χ1n) is 11.4. The average molecular weight is 480 g/mol. The zero-order valence-corrected chi connectivity index (χ0v) is 20.4. The molecule has 35 heavy (non-hydrogen) atoms. The molecule has 0 radical (unpaired) electrons. The number of hydrogen-bond acceptors (Lipinski definition) is 4. The molecule has 1 atom stereocenters. The minimum atomic E-state index is -3.86. The molecule has 0 aliphatic carbocycles. The highest BCUT2D eigenvalue weighted by molar-refractivity contribution is 7.91. The van der Waals surface area contributed by atoms with Crippen molar-refractivity contribution < 1.29 is 12.8 Å². The highest BCUT2D eigenvalue weighted by Crippen LogP contribution is 2.42. The summed E-state index contributed by atoms with van der Waals surface area (Å²) in [5.41, 5.74) is 4.84. The van der Waals surface area contributed by atoms with E-state index in [-0.39, 0.29) is 4.90 Å². The molecule has 0 saturated carbocycles. The van der Waals surface area contributed by atoms with E-state index in [1.807, 2.05) is 111 Å². The Bertz CT molecular complexity index is 1540. The number of aromatic nitrogens is 1. The summed E-state index contributed by atoms with van der Waals surface area (Å²) in [5.74, 6) is 0.692. The van der Waals surface area contributed by atoms with E-state index in [2.05, 4.69) is 0 Å². The molecule has 0 N–H and O–H groups in total. The van der Waals surface area contributed by atoms with E-state index in [1.54, 1.807) is 12.1 Å². The molecule has 4 aromatic carbocycles. The molecule has 1 heterocycles. The van der Waals surface area contributed by atoms with Crippen LogP contribution in [0, 0.1) is 13.8 Å². The molecular formula is C30H25NO3S. The molecule has 5 heteroatoms. The molecule has 0 bridgehead atoms. The lowest BCUT2D eigenvalue weighted by molar-refractivity contribution is 0.513. The molecular weight excluding hydrogens is 454 g/mol. The summed E-state index contributed by atoms with van der Waals surface area (Å²) >= 11 is 0. The van der Waals surface area contributed by atoms with Gasteiger partial charge in [-0.1, -0.05) is 96.1 Å². The monoisotopic (exact) mass is 479 g/mol. The average Bonchev–Trinajstić information content (AvgIpc) is 3.30. The first-order chi connectivity index (χ1) is 16.9. The van der Waals surface area contributed by atoms with Crippen LogP contribution < -0.4 is 0 Å². The van der Waals surface area contributed by atoms with Crippen molar-refractivity contribution >= 4 is 9.84 Å². The fourth-order valence-electron chi connectivity index (χ4n) is 4.10. The fourth-order valence-corrected chi connectivity index (χ4v) is 5.84. The van der Waals surface area contributed by atoms with Crippen LogP contribution in [0.1, 0.15) is 27.7 Å². The van der Waals surface area contributed by atoms with Gasteiger partial charge in [0.2, 0.25) is 5.89 Å². The van der Waals surface area contributed by atoms with E-state index >= 15 is 0 Å². The molecule has 0 aliphatic rings. The van der Waals surface area contributed by atoms with Crippen LogP contribution >= 0.6 is 0 Å². The van der Waals surface area contributed by atoms with Gasteiger partial charge in [-0.05, 0) is 43.7 Å². The van der Waals surface area contributed by atoms with Crippen molar-refractivity contribution in [2.24, 2.45) is 0 Å². The van der Waals surface area contributed by atoms with Crippen LogP contribution in [-0.4, -0.2) is 13.4 Å². The van der Waals surface area contributed by atoms with Crippen LogP contribution in [0.25, 0.3) is 22.7 Å². The maximum atomic E-state index is 14.1. The highest BCUT2D eigenvalue weighted by Gasteiger charge is 2.37. The quantitative estimate of drug-likeness (QED) is 0.259. The third-order valence-electron chi connectivity index (χ3n) is 6.00. The Morgan fingerprint density at radius 2 is 1.20 bits per heavy atom. The van der Waals surface area contributed by atoms with Crippen LogP contribution in [-0.2, 0) is 9.84 Å². The van der Waals surface area contributed by atoms with Crippen LogP contribution in [0.3, 0.4) is 0 Å². The van der Waals surface area contributed by atoms with Gasteiger partial charge in [0.15, 0.2) is 20.8 Å². The van der Waals surface area contributed by atoms with Crippen LogP contribution in [0.4, 0.5) is 0 Å². The predicted octanol–water partition coefficient (Wildman–Crippen LogP) is 7.19. The number of hydrogen-bond donors (Lipinski definition) is 0. The Labute approximate surface area is 205 Å². The van der Waals surface area contributed by atoms with Gasteiger partial charge < -0.3 is 4.42 Å². The van der Waals surface area contributed by atoms with E-state index in [9.17, 15) is 8.42 Å². The molecule has 5 rings (SSSR count).